The predicted molar refractivity (Wildman–Crippen MR) is 80.0 cm³/mol. The Bertz CT molecular complexity index is 653. The lowest BCUT2D eigenvalue weighted by atomic mass is 10.1. The molecule has 0 bridgehead atoms. The molecule has 1 aromatic carbocycles. The molecule has 0 radical (unpaired) electrons. The first kappa shape index (κ1) is 16.4. The molecule has 1 heterocycles. The number of benzene rings is 1. The van der Waals surface area contributed by atoms with Crippen molar-refractivity contribution in [3.63, 3.8) is 0 Å². The van der Waals surface area contributed by atoms with Crippen LogP contribution in [0.15, 0.2) is 21.5 Å². The maximum atomic E-state index is 12.4. The minimum absolute atomic E-state index is 0.0349. The molecule has 1 fully saturated rings. The summed E-state index contributed by atoms with van der Waals surface area (Å²) in [6.45, 7) is 2.32. The summed E-state index contributed by atoms with van der Waals surface area (Å²) in [5.41, 5.74) is 0.174. The van der Waals surface area contributed by atoms with E-state index in [4.69, 9.17) is 9.84 Å². The van der Waals surface area contributed by atoms with Crippen LogP contribution in [0.2, 0.25) is 0 Å². The molecule has 116 valence electrons. The number of halogens is 1. The van der Waals surface area contributed by atoms with Crippen molar-refractivity contribution in [2.75, 3.05) is 13.2 Å². The zero-order chi connectivity index (χ0) is 15.6. The average Bonchev–Trinajstić information content (AvgIpc) is 2.91. The highest BCUT2D eigenvalue weighted by Crippen LogP contribution is 2.25. The second-order valence-electron chi connectivity index (χ2n) is 4.87. The van der Waals surface area contributed by atoms with E-state index in [1.54, 1.807) is 0 Å². The van der Waals surface area contributed by atoms with E-state index in [-0.39, 0.29) is 28.7 Å². The smallest absolute Gasteiger partial charge is 0.336 e. The molecule has 8 heteroatoms. The van der Waals surface area contributed by atoms with Gasteiger partial charge in [0.1, 0.15) is 0 Å². The van der Waals surface area contributed by atoms with E-state index in [0.29, 0.717) is 11.1 Å². The lowest BCUT2D eigenvalue weighted by Gasteiger charge is -2.14. The number of hydrogen-bond acceptors (Lipinski definition) is 4. The summed E-state index contributed by atoms with van der Waals surface area (Å²) in [5, 5.41) is 9.13. The van der Waals surface area contributed by atoms with Crippen LogP contribution in [0.5, 0.6) is 0 Å². The molecular weight excluding hydrogens is 362 g/mol. The van der Waals surface area contributed by atoms with Crippen LogP contribution in [-0.4, -0.2) is 38.7 Å². The van der Waals surface area contributed by atoms with Crippen LogP contribution in [0.25, 0.3) is 0 Å². The van der Waals surface area contributed by atoms with Crippen molar-refractivity contribution in [1.82, 2.24) is 4.72 Å². The lowest BCUT2D eigenvalue weighted by Crippen LogP contribution is -2.32. The number of ether oxygens (including phenoxy) is 1. The van der Waals surface area contributed by atoms with E-state index in [2.05, 4.69) is 20.7 Å². The van der Waals surface area contributed by atoms with Gasteiger partial charge in [0.05, 0.1) is 16.6 Å². The lowest BCUT2D eigenvalue weighted by molar-refractivity contribution is 0.0695. The predicted octanol–water partition coefficient (Wildman–Crippen LogP) is 1.91. The summed E-state index contributed by atoms with van der Waals surface area (Å²) in [4.78, 5) is 11.1. The van der Waals surface area contributed by atoms with Crippen molar-refractivity contribution in [3.05, 3.63) is 27.7 Å². The van der Waals surface area contributed by atoms with Gasteiger partial charge in [-0.05, 0) is 37.5 Å². The van der Waals surface area contributed by atoms with E-state index in [9.17, 15) is 13.2 Å². The summed E-state index contributed by atoms with van der Waals surface area (Å²) in [6, 6.07) is 2.79. The summed E-state index contributed by atoms with van der Waals surface area (Å²) < 4.78 is 33.0. The van der Waals surface area contributed by atoms with Crippen molar-refractivity contribution >= 4 is 31.9 Å². The first-order valence-electron chi connectivity index (χ1n) is 6.46. The molecule has 21 heavy (non-hydrogen) atoms. The highest BCUT2D eigenvalue weighted by molar-refractivity contribution is 9.10. The molecule has 1 saturated heterocycles. The minimum atomic E-state index is -3.78. The second-order valence-corrected chi connectivity index (χ2v) is 7.52. The summed E-state index contributed by atoms with van der Waals surface area (Å²) in [7, 11) is -3.78. The van der Waals surface area contributed by atoms with Crippen LogP contribution < -0.4 is 4.72 Å². The van der Waals surface area contributed by atoms with Crippen LogP contribution in [0.1, 0.15) is 28.8 Å². The van der Waals surface area contributed by atoms with Gasteiger partial charge in [-0.2, -0.15) is 0 Å². The molecule has 1 aliphatic rings. The molecule has 0 amide bonds. The van der Waals surface area contributed by atoms with Gasteiger partial charge in [-0.1, -0.05) is 15.9 Å². The fourth-order valence-electron chi connectivity index (χ4n) is 2.24. The normalized spacial score (nSPS) is 18.9. The molecule has 0 saturated carbocycles. The van der Waals surface area contributed by atoms with Gasteiger partial charge >= 0.3 is 5.97 Å². The number of carbonyl (C=O) groups is 1. The standard InChI is InChI=1S/C13H16BrNO5S/c1-8-11(13(16)17)5-9(14)6-12(8)21(18,19)15-7-10-3-2-4-20-10/h5-6,10,15H,2-4,7H2,1H3,(H,16,17)/t10-/m1/s1. The van der Waals surface area contributed by atoms with Gasteiger partial charge in [0, 0.05) is 17.6 Å². The van der Waals surface area contributed by atoms with E-state index in [1.165, 1.54) is 19.1 Å². The van der Waals surface area contributed by atoms with Crippen LogP contribution in [-0.2, 0) is 14.8 Å². The quantitative estimate of drug-likeness (QED) is 0.817. The van der Waals surface area contributed by atoms with Gasteiger partial charge in [-0.25, -0.2) is 17.9 Å². The Labute approximate surface area is 131 Å². The maximum absolute atomic E-state index is 12.4. The van der Waals surface area contributed by atoms with Gasteiger partial charge in [-0.15, -0.1) is 0 Å². The molecule has 2 rings (SSSR count). The number of hydrogen-bond donors (Lipinski definition) is 2. The third-order valence-electron chi connectivity index (χ3n) is 3.37. The SMILES string of the molecule is Cc1c(C(=O)O)cc(Br)cc1S(=O)(=O)NC[C@H]1CCCO1. The minimum Gasteiger partial charge on any atom is -0.478 e. The number of aromatic carboxylic acids is 1. The fraction of sp³-hybridized carbons (Fsp3) is 0.462. The molecule has 1 aromatic rings. The van der Waals surface area contributed by atoms with Gasteiger partial charge in [0.15, 0.2) is 0 Å². The van der Waals surface area contributed by atoms with Crippen molar-refractivity contribution < 1.29 is 23.1 Å². The fourth-order valence-corrected chi connectivity index (χ4v) is 4.21. The van der Waals surface area contributed by atoms with E-state index in [0.717, 1.165) is 12.8 Å². The van der Waals surface area contributed by atoms with Crippen LogP contribution in [0.4, 0.5) is 0 Å². The Morgan fingerprint density at radius 2 is 2.24 bits per heavy atom. The maximum Gasteiger partial charge on any atom is 0.336 e. The third-order valence-corrected chi connectivity index (χ3v) is 5.38. The highest BCUT2D eigenvalue weighted by Gasteiger charge is 2.24. The number of rotatable bonds is 5. The van der Waals surface area contributed by atoms with Crippen LogP contribution >= 0.6 is 15.9 Å². The molecule has 0 aromatic heterocycles. The van der Waals surface area contributed by atoms with Crippen molar-refractivity contribution in [2.45, 2.75) is 30.8 Å². The molecule has 0 spiro atoms. The Morgan fingerprint density at radius 3 is 2.81 bits per heavy atom. The Morgan fingerprint density at radius 1 is 1.52 bits per heavy atom. The number of sulfonamides is 1. The van der Waals surface area contributed by atoms with Crippen molar-refractivity contribution in [3.8, 4) is 0 Å². The molecule has 1 aliphatic heterocycles. The van der Waals surface area contributed by atoms with E-state index in [1.807, 2.05) is 0 Å². The van der Waals surface area contributed by atoms with Gasteiger partial charge in [0.25, 0.3) is 0 Å². The van der Waals surface area contributed by atoms with Crippen LogP contribution in [0.3, 0.4) is 0 Å². The van der Waals surface area contributed by atoms with Gasteiger partial charge < -0.3 is 9.84 Å². The largest absolute Gasteiger partial charge is 0.478 e. The Balaban J connectivity index is 2.28. The second kappa shape index (κ2) is 6.43. The molecule has 0 unspecified atom stereocenters. The monoisotopic (exact) mass is 377 g/mol. The number of carboxylic acids is 1. The van der Waals surface area contributed by atoms with Crippen molar-refractivity contribution in [2.24, 2.45) is 0 Å². The number of nitrogens with one attached hydrogen (secondary N) is 1. The molecular formula is C13H16BrNO5S. The average molecular weight is 378 g/mol. The van der Waals surface area contributed by atoms with Gasteiger partial charge in [-0.3, -0.25) is 0 Å². The number of carboxylic acid groups (broad SMARTS) is 1. The summed E-state index contributed by atoms with van der Waals surface area (Å²) in [5.74, 6) is -1.16. The van der Waals surface area contributed by atoms with Crippen LogP contribution in [0, 0.1) is 6.92 Å². The first-order valence-corrected chi connectivity index (χ1v) is 8.73. The molecule has 2 N–H and O–H groups in total. The Hall–Kier alpha value is -0.960. The molecule has 1 atom stereocenters. The third kappa shape index (κ3) is 3.82. The molecule has 0 aliphatic carbocycles. The van der Waals surface area contributed by atoms with Crippen molar-refractivity contribution in [1.29, 1.82) is 0 Å². The zero-order valence-corrected chi connectivity index (χ0v) is 13.8. The zero-order valence-electron chi connectivity index (χ0n) is 11.4. The summed E-state index contributed by atoms with van der Waals surface area (Å²) >= 11 is 3.15. The highest BCUT2D eigenvalue weighted by atomic mass is 79.9. The summed E-state index contributed by atoms with van der Waals surface area (Å²) in [6.07, 6.45) is 1.62. The first-order chi connectivity index (χ1) is 9.81. The topological polar surface area (TPSA) is 92.7 Å². The van der Waals surface area contributed by atoms with E-state index < -0.39 is 16.0 Å². The van der Waals surface area contributed by atoms with E-state index >= 15 is 0 Å². The molecule has 6 nitrogen and oxygen atoms in total. The Kier molecular flexibility index (Phi) is 5.03. The van der Waals surface area contributed by atoms with Gasteiger partial charge in [0.2, 0.25) is 10.0 Å².